The van der Waals surface area contributed by atoms with E-state index in [4.69, 9.17) is 23.2 Å². The number of hydrogen-bond donors (Lipinski definition) is 0. The van der Waals surface area contributed by atoms with Crippen LogP contribution in [-0.4, -0.2) is 14.2 Å². The topological polar surface area (TPSA) is 18.5 Å². The van der Waals surface area contributed by atoms with Gasteiger partial charge in [-0.3, -0.25) is 0 Å². The first kappa shape index (κ1) is 15.5. The fraction of sp³-hybridized carbons (Fsp3) is 0.400. The third-order valence-corrected chi connectivity index (χ3v) is 2.99. The molecule has 0 radical (unpaired) electrons. The van der Waals surface area contributed by atoms with Gasteiger partial charge in [0.25, 0.3) is 0 Å². The maximum atomic E-state index is 13.6. The van der Waals surface area contributed by atoms with Crippen LogP contribution in [0.4, 0.5) is 17.6 Å². The van der Waals surface area contributed by atoms with Crippen LogP contribution in [0.2, 0.25) is 0 Å². The van der Waals surface area contributed by atoms with Crippen LogP contribution in [0, 0.1) is 23.3 Å². The average molecular weight is 307 g/mol. The molecule has 0 aliphatic heterocycles. The number of ether oxygens (including phenoxy) is 2. The molecule has 2 unspecified atom stereocenters. The summed E-state index contributed by atoms with van der Waals surface area (Å²) in [4.78, 5) is 0. The maximum Gasteiger partial charge on any atom is 0.169 e. The Balaban J connectivity index is 3.55. The number of rotatable bonds is 4. The van der Waals surface area contributed by atoms with Crippen molar-refractivity contribution in [1.29, 1.82) is 0 Å². The molecule has 0 N–H and O–H groups in total. The third kappa shape index (κ3) is 2.56. The van der Waals surface area contributed by atoms with Crippen molar-refractivity contribution in [2.24, 2.45) is 0 Å². The van der Waals surface area contributed by atoms with E-state index in [0.29, 0.717) is 0 Å². The quantitative estimate of drug-likeness (QED) is 0.475. The van der Waals surface area contributed by atoms with Crippen molar-refractivity contribution in [3.63, 3.8) is 0 Å². The second kappa shape index (κ2) is 6.06. The summed E-state index contributed by atoms with van der Waals surface area (Å²) in [5.41, 5.74) is -5.45. The van der Waals surface area contributed by atoms with Gasteiger partial charge in [-0.05, 0) is 0 Å². The van der Waals surface area contributed by atoms with Crippen LogP contribution < -0.4 is 0 Å². The van der Waals surface area contributed by atoms with Gasteiger partial charge in [0.05, 0.1) is 11.1 Å². The highest BCUT2D eigenvalue weighted by atomic mass is 35.5. The second-order valence-electron chi connectivity index (χ2n) is 3.19. The first-order valence-corrected chi connectivity index (χ1v) is 5.43. The number of halogens is 6. The minimum Gasteiger partial charge on any atom is -0.361 e. The summed E-state index contributed by atoms with van der Waals surface area (Å²) in [7, 11) is 2.06. The van der Waals surface area contributed by atoms with Gasteiger partial charge in [-0.2, -0.15) is 0 Å². The Bertz CT molecular complexity index is 386. The number of alkyl halides is 2. The summed E-state index contributed by atoms with van der Waals surface area (Å²) in [5, 5.41) is 0. The molecule has 0 aliphatic rings. The van der Waals surface area contributed by atoms with Crippen molar-refractivity contribution in [1.82, 2.24) is 0 Å². The molecule has 102 valence electrons. The molecule has 2 nitrogen and oxygen atoms in total. The first-order chi connectivity index (χ1) is 8.36. The van der Waals surface area contributed by atoms with Gasteiger partial charge in [0.1, 0.15) is 0 Å². The normalized spacial score (nSPS) is 14.7. The van der Waals surface area contributed by atoms with Crippen LogP contribution in [0.5, 0.6) is 0 Å². The Morgan fingerprint density at radius 1 is 0.722 bits per heavy atom. The van der Waals surface area contributed by atoms with Gasteiger partial charge in [0.15, 0.2) is 34.4 Å². The molecule has 0 saturated heterocycles. The van der Waals surface area contributed by atoms with Crippen molar-refractivity contribution < 1.29 is 27.0 Å². The highest BCUT2D eigenvalue weighted by molar-refractivity contribution is 6.20. The van der Waals surface area contributed by atoms with Crippen LogP contribution in [-0.2, 0) is 9.47 Å². The first-order valence-electron chi connectivity index (χ1n) is 4.56. The zero-order chi connectivity index (χ0) is 14.0. The Labute approximate surface area is 110 Å². The number of benzene rings is 1. The summed E-state index contributed by atoms with van der Waals surface area (Å²) < 4.78 is 63.2. The molecule has 0 aromatic heterocycles. The molecular weight excluding hydrogens is 299 g/mol. The molecule has 1 aromatic carbocycles. The van der Waals surface area contributed by atoms with E-state index in [-0.39, 0.29) is 0 Å². The Morgan fingerprint density at radius 2 is 0.944 bits per heavy atom. The van der Waals surface area contributed by atoms with Gasteiger partial charge in [0, 0.05) is 14.2 Å². The SMILES string of the molecule is COC(Cl)c1c(F)c(F)c(C(Cl)OC)c(F)c1F. The molecule has 0 saturated carbocycles. The van der Waals surface area contributed by atoms with Crippen LogP contribution in [0.1, 0.15) is 22.3 Å². The summed E-state index contributed by atoms with van der Waals surface area (Å²) in [6.07, 6.45) is 0. The van der Waals surface area contributed by atoms with Crippen molar-refractivity contribution in [2.75, 3.05) is 14.2 Å². The molecule has 0 aliphatic carbocycles. The lowest BCUT2D eigenvalue weighted by molar-refractivity contribution is 0.151. The lowest BCUT2D eigenvalue weighted by Gasteiger charge is -2.16. The largest absolute Gasteiger partial charge is 0.361 e. The van der Waals surface area contributed by atoms with Gasteiger partial charge in [-0.15, -0.1) is 0 Å². The molecule has 18 heavy (non-hydrogen) atoms. The smallest absolute Gasteiger partial charge is 0.169 e. The van der Waals surface area contributed by atoms with Crippen molar-refractivity contribution in [2.45, 2.75) is 11.1 Å². The van der Waals surface area contributed by atoms with Crippen molar-refractivity contribution in [3.8, 4) is 0 Å². The van der Waals surface area contributed by atoms with E-state index in [1.807, 2.05) is 0 Å². The lowest BCUT2D eigenvalue weighted by Crippen LogP contribution is -2.12. The summed E-state index contributed by atoms with van der Waals surface area (Å²) in [5.74, 6) is -6.69. The Hall–Kier alpha value is -0.560. The van der Waals surface area contributed by atoms with E-state index in [2.05, 4.69) is 9.47 Å². The molecule has 0 bridgehead atoms. The number of methoxy groups -OCH3 is 2. The summed E-state index contributed by atoms with van der Waals surface area (Å²) >= 11 is 10.8. The van der Waals surface area contributed by atoms with Gasteiger partial charge in [-0.25, -0.2) is 17.6 Å². The summed E-state index contributed by atoms with van der Waals surface area (Å²) in [6, 6.07) is 0. The molecule has 0 amide bonds. The monoisotopic (exact) mass is 306 g/mol. The van der Waals surface area contributed by atoms with Crippen LogP contribution in [0.15, 0.2) is 0 Å². The predicted octanol–water partition coefficient (Wildman–Crippen LogP) is 4.01. The molecule has 0 spiro atoms. The number of hydrogen-bond acceptors (Lipinski definition) is 2. The molecular formula is C10H8Cl2F4O2. The van der Waals surface area contributed by atoms with Gasteiger partial charge < -0.3 is 9.47 Å². The maximum absolute atomic E-state index is 13.6. The highest BCUT2D eigenvalue weighted by Gasteiger charge is 2.32. The van der Waals surface area contributed by atoms with Crippen LogP contribution in [0.3, 0.4) is 0 Å². The molecule has 2 atom stereocenters. The average Bonchev–Trinajstić information content (AvgIpc) is 2.36. The second-order valence-corrected chi connectivity index (χ2v) is 3.98. The van der Waals surface area contributed by atoms with E-state index < -0.39 is 45.5 Å². The molecule has 8 heteroatoms. The molecule has 0 fully saturated rings. The van der Waals surface area contributed by atoms with Gasteiger partial charge in [-0.1, -0.05) is 23.2 Å². The fourth-order valence-corrected chi connectivity index (χ4v) is 1.68. The predicted molar refractivity (Wildman–Crippen MR) is 57.5 cm³/mol. The van der Waals surface area contributed by atoms with Gasteiger partial charge >= 0.3 is 0 Å². The lowest BCUT2D eigenvalue weighted by atomic mass is 10.1. The molecule has 1 aromatic rings. The van der Waals surface area contributed by atoms with Crippen molar-refractivity contribution >= 4 is 23.2 Å². The highest BCUT2D eigenvalue weighted by Crippen LogP contribution is 2.36. The molecule has 0 heterocycles. The van der Waals surface area contributed by atoms with E-state index in [1.165, 1.54) is 0 Å². The minimum absolute atomic E-state index is 1.03. The van der Waals surface area contributed by atoms with Crippen molar-refractivity contribution in [3.05, 3.63) is 34.4 Å². The zero-order valence-electron chi connectivity index (χ0n) is 9.24. The summed E-state index contributed by atoms with van der Waals surface area (Å²) in [6.45, 7) is 0. The Morgan fingerprint density at radius 3 is 1.11 bits per heavy atom. The standard InChI is InChI=1S/C10H8Cl2F4O2/c1-17-9(11)3-5(13)7(15)4(10(12)18-2)8(16)6(3)14/h9-10H,1-2H3. The zero-order valence-corrected chi connectivity index (χ0v) is 10.8. The fourth-order valence-electron chi connectivity index (χ4n) is 1.30. The van der Waals surface area contributed by atoms with E-state index in [0.717, 1.165) is 14.2 Å². The van der Waals surface area contributed by atoms with Crippen LogP contribution >= 0.6 is 23.2 Å². The molecule has 1 rings (SSSR count). The van der Waals surface area contributed by atoms with E-state index in [1.54, 1.807) is 0 Å². The Kier molecular flexibility index (Phi) is 5.21. The minimum atomic E-state index is -1.67. The van der Waals surface area contributed by atoms with Crippen LogP contribution in [0.25, 0.3) is 0 Å². The third-order valence-electron chi connectivity index (χ3n) is 2.20. The van der Waals surface area contributed by atoms with E-state index in [9.17, 15) is 17.6 Å². The van der Waals surface area contributed by atoms with E-state index >= 15 is 0 Å². The van der Waals surface area contributed by atoms with Gasteiger partial charge in [0.2, 0.25) is 0 Å².